The van der Waals surface area contributed by atoms with Gasteiger partial charge in [-0.05, 0) is 31.0 Å². The first-order valence-electron chi connectivity index (χ1n) is 9.72. The summed E-state index contributed by atoms with van der Waals surface area (Å²) in [5, 5.41) is 10.9. The van der Waals surface area contributed by atoms with Crippen LogP contribution < -0.4 is 20.3 Å². The average molecular weight is 442 g/mol. The fourth-order valence-corrected chi connectivity index (χ4v) is 3.81. The number of benzene rings is 1. The van der Waals surface area contributed by atoms with E-state index in [1.807, 2.05) is 22.9 Å². The van der Waals surface area contributed by atoms with Crippen LogP contribution in [0, 0.1) is 0 Å². The minimum atomic E-state index is -0.00456. The summed E-state index contributed by atoms with van der Waals surface area (Å²) in [5.74, 6) is 0.805. The molecular formula is C20H29Cl2N5O2. The smallest absolute Gasteiger partial charge is 0.224 e. The van der Waals surface area contributed by atoms with E-state index in [1.54, 1.807) is 7.11 Å². The highest BCUT2D eigenvalue weighted by molar-refractivity contribution is 5.91. The Balaban J connectivity index is 0.00000150. The van der Waals surface area contributed by atoms with Crippen molar-refractivity contribution in [2.24, 2.45) is 0 Å². The maximum absolute atomic E-state index is 12.4. The van der Waals surface area contributed by atoms with Crippen LogP contribution in [-0.2, 0) is 24.3 Å². The highest BCUT2D eigenvalue weighted by Crippen LogP contribution is 2.33. The Kier molecular flexibility index (Phi) is 8.61. The van der Waals surface area contributed by atoms with Gasteiger partial charge in [-0.3, -0.25) is 9.48 Å². The maximum atomic E-state index is 12.4. The number of ether oxygens (including phenoxy) is 1. The summed E-state index contributed by atoms with van der Waals surface area (Å²) in [4.78, 5) is 14.7. The van der Waals surface area contributed by atoms with Crippen molar-refractivity contribution in [2.45, 2.75) is 38.8 Å². The summed E-state index contributed by atoms with van der Waals surface area (Å²) < 4.78 is 7.58. The number of amides is 1. The van der Waals surface area contributed by atoms with Crippen molar-refractivity contribution in [3.05, 3.63) is 35.7 Å². The van der Waals surface area contributed by atoms with E-state index < -0.39 is 0 Å². The zero-order valence-corrected chi connectivity index (χ0v) is 18.3. The van der Waals surface area contributed by atoms with Gasteiger partial charge in [-0.1, -0.05) is 0 Å². The molecule has 0 spiro atoms. The molecule has 0 bridgehead atoms. The summed E-state index contributed by atoms with van der Waals surface area (Å²) in [5.41, 5.74) is 4.04. The van der Waals surface area contributed by atoms with Gasteiger partial charge in [-0.15, -0.1) is 24.8 Å². The van der Waals surface area contributed by atoms with E-state index in [-0.39, 0.29) is 30.7 Å². The number of hydrogen-bond acceptors (Lipinski definition) is 5. The molecule has 0 aliphatic carbocycles. The van der Waals surface area contributed by atoms with Crippen LogP contribution in [0.15, 0.2) is 24.3 Å². The molecule has 9 heteroatoms. The molecule has 1 aromatic carbocycles. The molecule has 0 atom stereocenters. The van der Waals surface area contributed by atoms with Gasteiger partial charge >= 0.3 is 0 Å². The summed E-state index contributed by atoms with van der Waals surface area (Å²) in [6.07, 6.45) is 3.50. The lowest BCUT2D eigenvalue weighted by Crippen LogP contribution is -2.28. The highest BCUT2D eigenvalue weighted by atomic mass is 35.5. The Morgan fingerprint density at radius 3 is 2.72 bits per heavy atom. The van der Waals surface area contributed by atoms with E-state index >= 15 is 0 Å². The van der Waals surface area contributed by atoms with E-state index in [4.69, 9.17) is 4.74 Å². The lowest BCUT2D eigenvalue weighted by Gasteiger charge is -2.21. The van der Waals surface area contributed by atoms with Crippen LogP contribution in [0.25, 0.3) is 0 Å². The molecule has 0 saturated carbocycles. The first kappa shape index (κ1) is 23.3. The standard InChI is InChI=1S/C20H27N5O2.2ClH/c1-27-19-13-15(4-6-18(19)24-9-2-3-10-24)22-20(26)7-5-16-12-17-14-21-8-11-25(17)23-16;;/h4,6,12-13,21H,2-3,5,7-11,14H2,1H3,(H,22,26);2*1H. The van der Waals surface area contributed by atoms with Gasteiger partial charge in [-0.25, -0.2) is 0 Å². The third-order valence-corrected chi connectivity index (χ3v) is 5.24. The number of nitrogens with one attached hydrogen (secondary N) is 2. The van der Waals surface area contributed by atoms with Gasteiger partial charge in [0.1, 0.15) is 5.75 Å². The fourth-order valence-electron chi connectivity index (χ4n) is 3.81. The van der Waals surface area contributed by atoms with Gasteiger partial charge in [0.25, 0.3) is 0 Å². The molecule has 2 N–H and O–H groups in total. The minimum absolute atomic E-state index is 0. The molecule has 4 rings (SSSR count). The van der Waals surface area contributed by atoms with E-state index in [9.17, 15) is 4.79 Å². The van der Waals surface area contributed by atoms with Gasteiger partial charge in [0.15, 0.2) is 0 Å². The number of carbonyl (C=O) groups is 1. The van der Waals surface area contributed by atoms with Crippen LogP contribution >= 0.6 is 24.8 Å². The van der Waals surface area contributed by atoms with E-state index in [2.05, 4.69) is 26.7 Å². The Morgan fingerprint density at radius 1 is 1.21 bits per heavy atom. The SMILES string of the molecule is COc1cc(NC(=O)CCc2cc3n(n2)CCNC3)ccc1N1CCCC1.Cl.Cl. The Labute approximate surface area is 184 Å². The van der Waals surface area contributed by atoms with Crippen LogP contribution in [0.1, 0.15) is 30.7 Å². The molecule has 1 aromatic heterocycles. The van der Waals surface area contributed by atoms with Gasteiger partial charge in [-0.2, -0.15) is 5.10 Å². The van der Waals surface area contributed by atoms with Crippen LogP contribution in [0.2, 0.25) is 0 Å². The second-order valence-electron chi connectivity index (χ2n) is 7.16. The maximum Gasteiger partial charge on any atom is 0.224 e. The number of rotatable bonds is 6. The topological polar surface area (TPSA) is 71.4 Å². The minimum Gasteiger partial charge on any atom is -0.495 e. The van der Waals surface area contributed by atoms with E-state index in [0.717, 1.165) is 55.5 Å². The average Bonchev–Trinajstić information content (AvgIpc) is 3.35. The van der Waals surface area contributed by atoms with Crippen molar-refractivity contribution in [1.82, 2.24) is 15.1 Å². The summed E-state index contributed by atoms with van der Waals surface area (Å²) >= 11 is 0. The molecule has 0 unspecified atom stereocenters. The van der Waals surface area contributed by atoms with Crippen molar-refractivity contribution in [1.29, 1.82) is 0 Å². The fraction of sp³-hybridized carbons (Fsp3) is 0.500. The Hall–Kier alpha value is -1.96. The van der Waals surface area contributed by atoms with Crippen molar-refractivity contribution < 1.29 is 9.53 Å². The number of nitrogens with zero attached hydrogens (tertiary/aromatic N) is 3. The number of aryl methyl sites for hydroxylation is 1. The van der Waals surface area contributed by atoms with Gasteiger partial charge in [0, 0.05) is 50.8 Å². The van der Waals surface area contributed by atoms with E-state index in [1.165, 1.54) is 18.5 Å². The van der Waals surface area contributed by atoms with Crippen LogP contribution in [0.3, 0.4) is 0 Å². The molecule has 2 aromatic rings. The molecular weight excluding hydrogens is 413 g/mol. The number of methoxy groups -OCH3 is 1. The van der Waals surface area contributed by atoms with Crippen molar-refractivity contribution in [3.63, 3.8) is 0 Å². The molecule has 1 amide bonds. The van der Waals surface area contributed by atoms with Gasteiger partial charge in [0.05, 0.1) is 30.7 Å². The second kappa shape index (κ2) is 10.7. The summed E-state index contributed by atoms with van der Waals surface area (Å²) in [6.45, 7) is 4.81. The number of carbonyl (C=O) groups excluding carboxylic acids is 1. The Bertz CT molecular complexity index is 798. The number of aromatic nitrogens is 2. The third-order valence-electron chi connectivity index (χ3n) is 5.24. The summed E-state index contributed by atoms with van der Waals surface area (Å²) in [7, 11) is 1.68. The largest absolute Gasteiger partial charge is 0.495 e. The van der Waals surface area contributed by atoms with E-state index in [0.29, 0.717) is 12.8 Å². The molecule has 29 heavy (non-hydrogen) atoms. The van der Waals surface area contributed by atoms with Gasteiger partial charge < -0.3 is 20.3 Å². The first-order valence-corrected chi connectivity index (χ1v) is 9.72. The molecule has 2 aliphatic rings. The normalized spacial score (nSPS) is 15.1. The molecule has 1 saturated heterocycles. The predicted molar refractivity (Wildman–Crippen MR) is 120 cm³/mol. The quantitative estimate of drug-likeness (QED) is 0.720. The molecule has 2 aliphatic heterocycles. The zero-order valence-electron chi connectivity index (χ0n) is 16.6. The molecule has 1 fully saturated rings. The molecule has 0 radical (unpaired) electrons. The first-order chi connectivity index (χ1) is 13.2. The number of fused-ring (bicyclic) bond motifs is 1. The van der Waals surface area contributed by atoms with Crippen LogP contribution in [-0.4, -0.2) is 42.4 Å². The molecule has 3 heterocycles. The number of anilines is 2. The molecule has 7 nitrogen and oxygen atoms in total. The predicted octanol–water partition coefficient (Wildman–Crippen LogP) is 3.01. The Morgan fingerprint density at radius 2 is 2.00 bits per heavy atom. The molecule has 160 valence electrons. The monoisotopic (exact) mass is 441 g/mol. The second-order valence-corrected chi connectivity index (χ2v) is 7.16. The van der Waals surface area contributed by atoms with Crippen LogP contribution in [0.5, 0.6) is 5.75 Å². The van der Waals surface area contributed by atoms with Gasteiger partial charge in [0.2, 0.25) is 5.91 Å². The third kappa shape index (κ3) is 5.56. The summed E-state index contributed by atoms with van der Waals surface area (Å²) in [6, 6.07) is 7.99. The van der Waals surface area contributed by atoms with Crippen LogP contribution in [0.4, 0.5) is 11.4 Å². The zero-order chi connectivity index (χ0) is 18.6. The van der Waals surface area contributed by atoms with Crippen molar-refractivity contribution in [3.8, 4) is 5.75 Å². The number of hydrogen-bond donors (Lipinski definition) is 2. The lowest BCUT2D eigenvalue weighted by molar-refractivity contribution is -0.116. The lowest BCUT2D eigenvalue weighted by atomic mass is 10.2. The number of halogens is 2. The van der Waals surface area contributed by atoms with Crippen molar-refractivity contribution >= 4 is 42.1 Å². The van der Waals surface area contributed by atoms with Crippen molar-refractivity contribution in [2.75, 3.05) is 37.0 Å². The highest BCUT2D eigenvalue weighted by Gasteiger charge is 2.17.